The second kappa shape index (κ2) is 15.7. The van der Waals surface area contributed by atoms with Crippen molar-refractivity contribution in [3.8, 4) is 0 Å². The van der Waals surface area contributed by atoms with Gasteiger partial charge in [-0.1, -0.05) is 0 Å². The Bertz CT molecular complexity index is 737. The van der Waals surface area contributed by atoms with Crippen LogP contribution in [0.1, 0.15) is 97.8 Å². The average Bonchev–Trinajstić information content (AvgIpc) is 2.79. The minimum absolute atomic E-state index is 0.145. The van der Waals surface area contributed by atoms with Gasteiger partial charge in [0, 0.05) is 0 Å². The Labute approximate surface area is 221 Å². The number of aliphatic hydroxyl groups is 6. The van der Waals surface area contributed by atoms with Crippen molar-refractivity contribution < 1.29 is 75.4 Å². The third-order valence-electron chi connectivity index (χ3n) is 5.28. The molecule has 0 amide bonds. The van der Waals surface area contributed by atoms with Crippen LogP contribution in [0.3, 0.4) is 0 Å². The summed E-state index contributed by atoms with van der Waals surface area (Å²) in [5.41, 5.74) is 0. The minimum atomic E-state index is -5.53. The third-order valence-corrected chi connectivity index (χ3v) is 10.4. The molecule has 0 saturated heterocycles. The molecule has 0 unspecified atom stereocenters. The molecule has 37 heavy (non-hydrogen) atoms. The summed E-state index contributed by atoms with van der Waals surface area (Å²) < 4.78 is -12.2. The summed E-state index contributed by atoms with van der Waals surface area (Å²) in [6.07, 6.45) is -1.20. The number of carbonyl (C=O) groups excluding carboxylic acids is 6. The first-order valence-corrected chi connectivity index (χ1v) is 14.8. The molecule has 0 heterocycles. The van der Waals surface area contributed by atoms with Crippen LogP contribution in [0.5, 0.6) is 0 Å². The van der Waals surface area contributed by atoms with E-state index in [4.69, 9.17) is 0 Å². The topological polar surface area (TPSA) is 224 Å². The Kier molecular flexibility index (Phi) is 15.0. The van der Waals surface area contributed by atoms with Gasteiger partial charge in [-0.15, -0.1) is 0 Å². The molecule has 215 valence electrons. The summed E-state index contributed by atoms with van der Waals surface area (Å²) >= 11 is -5.53. The van der Waals surface area contributed by atoms with Crippen LogP contribution >= 0.6 is 0 Å². The molecule has 0 aliphatic rings. The number of hydrogen-bond donors (Lipinski definition) is 6. The molecule has 0 saturated carbocycles. The van der Waals surface area contributed by atoms with Crippen molar-refractivity contribution >= 4 is 34.7 Å². The summed E-state index contributed by atoms with van der Waals surface area (Å²) in [7, 11) is 0. The van der Waals surface area contributed by atoms with E-state index in [2.05, 4.69) is 0 Å². The van der Waals surface area contributed by atoms with Crippen LogP contribution in [0.4, 0.5) is 0 Å². The second-order valence-electron chi connectivity index (χ2n) is 8.70. The summed E-state index contributed by atoms with van der Waals surface area (Å²) in [5, 5.41) is 63.8. The Morgan fingerprint density at radius 1 is 0.486 bits per heavy atom. The summed E-state index contributed by atoms with van der Waals surface area (Å²) in [4.78, 5) is 74.1. The third kappa shape index (κ3) is 10.6. The molecule has 0 atom stereocenters. The number of rotatable bonds is 21. The molecule has 13 heteroatoms. The first kappa shape index (κ1) is 35.4. The van der Waals surface area contributed by atoms with Gasteiger partial charge in [0.2, 0.25) is 0 Å². The molecule has 0 aliphatic carbocycles. The van der Waals surface area contributed by atoms with E-state index in [1.807, 2.05) is 0 Å². The molecule has 6 N–H and O–H groups in total. The Hall–Kier alpha value is -1.60. The van der Waals surface area contributed by atoms with Crippen molar-refractivity contribution in [3.05, 3.63) is 0 Å². The van der Waals surface area contributed by atoms with Crippen LogP contribution < -0.4 is 0 Å². The molecule has 0 aromatic heterocycles. The fourth-order valence-electron chi connectivity index (χ4n) is 3.07. The average molecular weight is 621 g/mol. The Morgan fingerprint density at radius 2 is 0.703 bits per heavy atom. The van der Waals surface area contributed by atoms with Gasteiger partial charge >= 0.3 is 221 Å². The maximum absolute atomic E-state index is 12.7. The number of Topliss-reactive ketones (excluding diaryl/α,β-unsaturated/α-hetero) is 6. The standard InChI is InChI=1S/3C8H13O4.Ru/c3*1-2-3-4-6(9)5-7(10)8(11)12;/h3*11-12H,2-5H2,1H3;. The molecule has 0 aliphatic heterocycles. The number of unbranched alkanes of at least 4 members (excludes halogenated alkanes) is 3. The van der Waals surface area contributed by atoms with Gasteiger partial charge in [-0.2, -0.15) is 0 Å². The predicted octanol–water partition coefficient (Wildman–Crippen LogP) is -0.325. The van der Waals surface area contributed by atoms with Gasteiger partial charge in [-0.3, -0.25) is 0 Å². The van der Waals surface area contributed by atoms with Crippen molar-refractivity contribution in [1.29, 1.82) is 0 Å². The van der Waals surface area contributed by atoms with Crippen LogP contribution in [-0.4, -0.2) is 78.5 Å². The molecule has 0 spiro atoms. The molecular weight excluding hydrogens is 581 g/mol. The fraction of sp³-hybridized carbons (Fsp3) is 0.750. The van der Waals surface area contributed by atoms with E-state index in [0.717, 1.165) is 0 Å². The normalized spacial score (nSPS) is 12.7. The van der Waals surface area contributed by atoms with E-state index >= 15 is 0 Å². The molecule has 12 nitrogen and oxygen atoms in total. The summed E-state index contributed by atoms with van der Waals surface area (Å²) in [6, 6.07) is 0. The van der Waals surface area contributed by atoms with E-state index in [1.165, 1.54) is 0 Å². The zero-order valence-corrected chi connectivity index (χ0v) is 23.2. The van der Waals surface area contributed by atoms with Crippen LogP contribution in [0.2, 0.25) is 0 Å². The van der Waals surface area contributed by atoms with E-state index in [-0.39, 0.29) is 19.3 Å². The van der Waals surface area contributed by atoms with Crippen molar-refractivity contribution in [3.63, 3.8) is 0 Å². The van der Waals surface area contributed by atoms with Crippen LogP contribution in [0.25, 0.3) is 0 Å². The van der Waals surface area contributed by atoms with Gasteiger partial charge in [0.25, 0.3) is 0 Å². The molecule has 0 radical (unpaired) electrons. The van der Waals surface area contributed by atoms with E-state index in [9.17, 15) is 59.4 Å². The number of carbonyl (C=O) groups is 6. The maximum atomic E-state index is 12.7. The molecule has 0 bridgehead atoms. The summed E-state index contributed by atoms with van der Waals surface area (Å²) in [5.74, 6) is -7.71. The summed E-state index contributed by atoms with van der Waals surface area (Å²) in [6.45, 7) is 5.25. The zero-order valence-electron chi connectivity index (χ0n) is 21.5. The van der Waals surface area contributed by atoms with Crippen LogP contribution in [-0.2, 0) is 44.7 Å². The Morgan fingerprint density at radius 3 is 0.892 bits per heavy atom. The van der Waals surface area contributed by atoms with Crippen LogP contribution in [0, 0.1) is 0 Å². The van der Waals surface area contributed by atoms with Gasteiger partial charge in [0.1, 0.15) is 0 Å². The predicted molar refractivity (Wildman–Crippen MR) is 124 cm³/mol. The Balaban J connectivity index is 6.39. The van der Waals surface area contributed by atoms with Crippen molar-refractivity contribution in [2.45, 2.75) is 111 Å². The van der Waals surface area contributed by atoms with Gasteiger partial charge in [0.05, 0.1) is 0 Å². The number of ketones is 6. The monoisotopic (exact) mass is 621 g/mol. The van der Waals surface area contributed by atoms with Gasteiger partial charge in [0.15, 0.2) is 0 Å². The van der Waals surface area contributed by atoms with E-state index < -0.39 is 83.1 Å². The van der Waals surface area contributed by atoms with Crippen LogP contribution in [0.15, 0.2) is 0 Å². The zero-order chi connectivity index (χ0) is 29.0. The fourth-order valence-corrected chi connectivity index (χ4v) is 7.52. The molecule has 0 fully saturated rings. The van der Waals surface area contributed by atoms with E-state index in [1.54, 1.807) is 20.8 Å². The molecule has 0 aromatic carbocycles. The molecular formula is C24H39O12Ru. The van der Waals surface area contributed by atoms with Crippen molar-refractivity contribution in [2.24, 2.45) is 0 Å². The van der Waals surface area contributed by atoms with Gasteiger partial charge < -0.3 is 0 Å². The van der Waals surface area contributed by atoms with Crippen molar-refractivity contribution in [1.82, 2.24) is 0 Å². The van der Waals surface area contributed by atoms with Gasteiger partial charge in [-0.25, -0.2) is 0 Å². The second-order valence-corrected chi connectivity index (χ2v) is 13.6. The van der Waals surface area contributed by atoms with Crippen molar-refractivity contribution in [2.75, 3.05) is 0 Å². The van der Waals surface area contributed by atoms with Gasteiger partial charge in [-0.05, 0) is 0 Å². The van der Waals surface area contributed by atoms with E-state index in [0.29, 0.717) is 38.5 Å². The SMILES string of the molecule is CCCCC(=O)CC(=O)[C](O)(O)[Ru]([C](O)(O)C(=O)CC(=O)CCCC)[C](O)(O)C(=O)CC(=O)CCCC. The quantitative estimate of drug-likeness (QED) is 0.0552. The molecule has 0 aromatic rings. The molecule has 0 rings (SSSR count). The number of hydrogen-bond acceptors (Lipinski definition) is 12. The first-order valence-electron chi connectivity index (χ1n) is 12.2. The first-order chi connectivity index (χ1) is 17.0.